The van der Waals surface area contributed by atoms with E-state index in [1.54, 1.807) is 0 Å². The summed E-state index contributed by atoms with van der Waals surface area (Å²) in [7, 11) is -7.03. The first kappa shape index (κ1) is 19.4. The van der Waals surface area contributed by atoms with Crippen LogP contribution >= 0.6 is 28.1 Å². The van der Waals surface area contributed by atoms with Crippen LogP contribution in [-0.4, -0.2) is 55.3 Å². The van der Waals surface area contributed by atoms with Crippen LogP contribution in [0.1, 0.15) is 0 Å². The fraction of sp³-hybridized carbons (Fsp3) is 1.00. The minimum atomic E-state index is -3.51. The molecule has 0 saturated carbocycles. The van der Waals surface area contributed by atoms with E-state index in [1.165, 1.54) is 0 Å². The molecular weight excluding hydrogens is 257 g/mol. The molecular formula is C2H7CaClO6P2. The maximum Gasteiger partial charge on any atom is 2.00 e. The molecule has 2 atom stereocenters. The summed E-state index contributed by atoms with van der Waals surface area (Å²) in [6.07, 6.45) is 0. The van der Waals surface area contributed by atoms with Gasteiger partial charge in [-0.2, -0.15) is 0 Å². The van der Waals surface area contributed by atoms with Gasteiger partial charge in [-0.1, -0.05) is 0 Å². The van der Waals surface area contributed by atoms with Crippen molar-refractivity contribution in [3.63, 3.8) is 0 Å². The summed E-state index contributed by atoms with van der Waals surface area (Å²) in [5.41, 5.74) is 0. The third kappa shape index (κ3) is 29.7. The topological polar surface area (TPSA) is 110 Å². The molecule has 0 radical (unpaired) electrons. The summed E-state index contributed by atoms with van der Waals surface area (Å²) in [5, 5.41) is 7.74. The predicted molar refractivity (Wildman–Crippen MR) is 42.6 cm³/mol. The predicted octanol–water partition coefficient (Wildman–Crippen LogP) is -1.66. The molecule has 10 heteroatoms. The second kappa shape index (κ2) is 15.3. The number of halogens is 1. The van der Waals surface area contributed by atoms with Gasteiger partial charge in [0.05, 0.1) is 6.61 Å². The van der Waals surface area contributed by atoms with Crippen molar-refractivity contribution in [2.24, 2.45) is 0 Å². The average molecular weight is 265 g/mol. The Hall–Kier alpha value is 1.85. The van der Waals surface area contributed by atoms with E-state index < -0.39 is 16.5 Å². The van der Waals surface area contributed by atoms with Crippen LogP contribution in [0.25, 0.3) is 0 Å². The summed E-state index contributed by atoms with van der Waals surface area (Å²) < 4.78 is 21.8. The molecule has 70 valence electrons. The number of aliphatic hydroxyl groups is 1. The standard InChI is InChI=1S/C2H5ClO.Ca.H4O5P2/c3-1-2-4;;1-6(2)5-7(3)4/h4H,1-2H2;;6-7H,(H,1,2)(H,3,4)/q;+2;/p-2. The molecule has 0 heterocycles. The van der Waals surface area contributed by atoms with Crippen molar-refractivity contribution in [3.8, 4) is 0 Å². The van der Waals surface area contributed by atoms with Crippen molar-refractivity contribution >= 4 is 65.8 Å². The molecule has 0 aliphatic carbocycles. The van der Waals surface area contributed by atoms with Crippen LogP contribution in [0, 0.1) is 0 Å². The Morgan fingerprint density at radius 2 is 1.58 bits per heavy atom. The maximum atomic E-state index is 9.29. The Labute approximate surface area is 106 Å². The van der Waals surface area contributed by atoms with Gasteiger partial charge < -0.3 is 24.0 Å². The second-order valence-corrected chi connectivity index (χ2v) is 3.21. The first-order chi connectivity index (χ1) is 5.04. The average Bonchev–Trinajstić information content (AvgIpc) is 1.85. The Morgan fingerprint density at radius 1 is 1.33 bits per heavy atom. The van der Waals surface area contributed by atoms with Crippen LogP contribution < -0.4 is 9.79 Å². The van der Waals surface area contributed by atoms with Crippen molar-refractivity contribution in [1.29, 1.82) is 0 Å². The van der Waals surface area contributed by atoms with Crippen molar-refractivity contribution in [2.75, 3.05) is 12.5 Å². The van der Waals surface area contributed by atoms with Gasteiger partial charge in [-0.25, -0.2) is 0 Å². The molecule has 0 aliphatic heterocycles. The molecule has 2 unspecified atom stereocenters. The van der Waals surface area contributed by atoms with Crippen LogP contribution in [0.2, 0.25) is 0 Å². The molecule has 0 aliphatic rings. The fourth-order valence-corrected chi connectivity index (χ4v) is 0.612. The minimum absolute atomic E-state index is 0. The molecule has 0 aromatic carbocycles. The molecule has 1 N–H and O–H groups in total. The van der Waals surface area contributed by atoms with E-state index in [2.05, 4.69) is 4.31 Å². The SMILES string of the molecule is O=[PH]([O-])O[PH](=O)[O-].OCCCl.[Ca+2]. The third-order valence-electron chi connectivity index (χ3n) is 0.251. The molecule has 6 nitrogen and oxygen atoms in total. The van der Waals surface area contributed by atoms with Gasteiger partial charge in [-0.15, -0.1) is 11.6 Å². The summed E-state index contributed by atoms with van der Waals surface area (Å²) >= 11 is 4.94. The first-order valence-electron chi connectivity index (χ1n) is 2.31. The van der Waals surface area contributed by atoms with Crippen molar-refractivity contribution < 1.29 is 28.3 Å². The Bertz CT molecular complexity index is 119. The number of hydrogen-bond acceptors (Lipinski definition) is 6. The summed E-state index contributed by atoms with van der Waals surface area (Å²) in [5.74, 6) is 0.347. The fourth-order valence-electron chi connectivity index (χ4n) is 0.0680. The van der Waals surface area contributed by atoms with Gasteiger partial charge in [0.25, 0.3) is 0 Å². The monoisotopic (exact) mass is 264 g/mol. The van der Waals surface area contributed by atoms with Gasteiger partial charge in [0.1, 0.15) is 16.5 Å². The van der Waals surface area contributed by atoms with Crippen LogP contribution in [-0.2, 0) is 13.4 Å². The minimum Gasteiger partial charge on any atom is -0.781 e. The zero-order chi connectivity index (χ0) is 9.28. The van der Waals surface area contributed by atoms with Gasteiger partial charge in [-0.05, 0) is 0 Å². The maximum absolute atomic E-state index is 9.29. The number of aliphatic hydroxyl groups excluding tert-OH is 1. The van der Waals surface area contributed by atoms with Crippen LogP contribution in [0.15, 0.2) is 0 Å². The molecule has 12 heavy (non-hydrogen) atoms. The normalized spacial score (nSPS) is 13.3. The molecule has 0 spiro atoms. The van der Waals surface area contributed by atoms with E-state index in [0.717, 1.165) is 0 Å². The number of hydrogen-bond donors (Lipinski definition) is 1. The van der Waals surface area contributed by atoms with Crippen molar-refractivity contribution in [1.82, 2.24) is 0 Å². The molecule has 0 amide bonds. The van der Waals surface area contributed by atoms with Gasteiger partial charge in [-0.3, -0.25) is 4.31 Å². The molecule has 0 rings (SSSR count). The van der Waals surface area contributed by atoms with E-state index in [4.69, 9.17) is 16.7 Å². The molecule has 0 fully saturated rings. The molecule has 0 saturated heterocycles. The molecule has 0 bridgehead atoms. The Morgan fingerprint density at radius 3 is 1.58 bits per heavy atom. The van der Waals surface area contributed by atoms with Crippen LogP contribution in [0.3, 0.4) is 0 Å². The largest absolute Gasteiger partial charge is 2.00 e. The number of rotatable bonds is 3. The zero-order valence-electron chi connectivity index (χ0n) is 5.99. The summed E-state index contributed by atoms with van der Waals surface area (Å²) in [4.78, 5) is 18.6. The van der Waals surface area contributed by atoms with E-state index >= 15 is 0 Å². The van der Waals surface area contributed by atoms with Gasteiger partial charge in [0, 0.05) is 5.88 Å². The van der Waals surface area contributed by atoms with E-state index in [0.29, 0.717) is 5.88 Å². The first-order valence-corrected chi connectivity index (χ1v) is 5.29. The molecule has 0 aromatic rings. The number of alkyl halides is 1. The summed E-state index contributed by atoms with van der Waals surface area (Å²) in [6, 6.07) is 0. The van der Waals surface area contributed by atoms with Gasteiger partial charge in [0.15, 0.2) is 0 Å². The summed E-state index contributed by atoms with van der Waals surface area (Å²) in [6.45, 7) is 0.0849. The Balaban J connectivity index is -0.000000142. The Kier molecular flexibility index (Phi) is 24.8. The van der Waals surface area contributed by atoms with Crippen molar-refractivity contribution in [2.45, 2.75) is 0 Å². The van der Waals surface area contributed by atoms with E-state index in [1.807, 2.05) is 0 Å². The van der Waals surface area contributed by atoms with Gasteiger partial charge >= 0.3 is 37.7 Å². The smallest absolute Gasteiger partial charge is 0.781 e. The second-order valence-electron chi connectivity index (χ2n) is 1.01. The molecule has 0 aromatic heterocycles. The van der Waals surface area contributed by atoms with Crippen LogP contribution in [0.5, 0.6) is 0 Å². The van der Waals surface area contributed by atoms with E-state index in [9.17, 15) is 18.9 Å². The van der Waals surface area contributed by atoms with Crippen LogP contribution in [0.4, 0.5) is 0 Å². The zero-order valence-corrected chi connectivity index (χ0v) is 11.0. The quantitative estimate of drug-likeness (QED) is 0.371. The van der Waals surface area contributed by atoms with Crippen molar-refractivity contribution in [3.05, 3.63) is 0 Å². The third-order valence-corrected chi connectivity index (χ3v) is 1.75. The van der Waals surface area contributed by atoms with E-state index in [-0.39, 0.29) is 44.3 Å². The van der Waals surface area contributed by atoms with Gasteiger partial charge in [0.2, 0.25) is 0 Å².